The van der Waals surface area contributed by atoms with E-state index < -0.39 is 0 Å². The minimum Gasteiger partial charge on any atom is -0.410 e. The molecule has 2 N–H and O–H groups in total. The molecule has 11 heavy (non-hydrogen) atoms. The molecule has 62 valence electrons. The van der Waals surface area contributed by atoms with Gasteiger partial charge in [0, 0.05) is 0 Å². The molecule has 0 bridgehead atoms. The van der Waals surface area contributed by atoms with E-state index in [2.05, 4.69) is 4.84 Å². The van der Waals surface area contributed by atoms with Crippen molar-refractivity contribution in [1.82, 2.24) is 0 Å². The second kappa shape index (κ2) is 4.44. The van der Waals surface area contributed by atoms with Crippen LogP contribution < -0.4 is 10.7 Å². The SMILES string of the molecule is Cc1ccc(ON)c(Cl)c1.Cl. The van der Waals surface area contributed by atoms with E-state index in [0.717, 1.165) is 5.56 Å². The van der Waals surface area contributed by atoms with E-state index in [1.54, 1.807) is 12.1 Å². The number of hydrogen-bond donors (Lipinski definition) is 1. The van der Waals surface area contributed by atoms with Crippen LogP contribution in [-0.2, 0) is 0 Å². The number of benzene rings is 1. The molecule has 1 rings (SSSR count). The number of aryl methyl sites for hydroxylation is 1. The zero-order valence-corrected chi connectivity index (χ0v) is 7.58. The van der Waals surface area contributed by atoms with E-state index in [4.69, 9.17) is 17.5 Å². The summed E-state index contributed by atoms with van der Waals surface area (Å²) in [5.41, 5.74) is 1.09. The van der Waals surface area contributed by atoms with Crippen molar-refractivity contribution in [2.75, 3.05) is 0 Å². The fourth-order valence-corrected chi connectivity index (χ4v) is 0.981. The lowest BCUT2D eigenvalue weighted by atomic mass is 10.2. The lowest BCUT2D eigenvalue weighted by Crippen LogP contribution is -2.01. The summed E-state index contributed by atoms with van der Waals surface area (Å²) in [6.45, 7) is 1.95. The predicted molar refractivity (Wildman–Crippen MR) is 48.3 cm³/mol. The monoisotopic (exact) mass is 193 g/mol. The van der Waals surface area contributed by atoms with Gasteiger partial charge in [-0.15, -0.1) is 12.4 Å². The quantitative estimate of drug-likeness (QED) is 0.696. The molecular formula is C7H9Cl2NO. The summed E-state index contributed by atoms with van der Waals surface area (Å²) >= 11 is 5.72. The number of hydrogen-bond acceptors (Lipinski definition) is 2. The molecule has 0 radical (unpaired) electrons. The van der Waals surface area contributed by atoms with Crippen molar-refractivity contribution < 1.29 is 4.84 Å². The predicted octanol–water partition coefficient (Wildman–Crippen LogP) is 2.32. The maximum atomic E-state index is 5.72. The summed E-state index contributed by atoms with van der Waals surface area (Å²) in [6.07, 6.45) is 0. The van der Waals surface area contributed by atoms with E-state index in [0.29, 0.717) is 10.8 Å². The van der Waals surface area contributed by atoms with Crippen molar-refractivity contribution in [3.8, 4) is 5.75 Å². The van der Waals surface area contributed by atoms with Gasteiger partial charge in [0.1, 0.15) is 0 Å². The fourth-order valence-electron chi connectivity index (χ4n) is 0.701. The van der Waals surface area contributed by atoms with Crippen LogP contribution in [0, 0.1) is 6.92 Å². The number of halogens is 2. The van der Waals surface area contributed by atoms with Crippen molar-refractivity contribution in [3.05, 3.63) is 28.8 Å². The Morgan fingerprint density at radius 2 is 2.09 bits per heavy atom. The van der Waals surface area contributed by atoms with Crippen LogP contribution in [0.2, 0.25) is 5.02 Å². The third-order valence-corrected chi connectivity index (χ3v) is 1.51. The first-order valence-electron chi connectivity index (χ1n) is 2.87. The highest BCUT2D eigenvalue weighted by molar-refractivity contribution is 6.32. The van der Waals surface area contributed by atoms with Crippen LogP contribution in [0.5, 0.6) is 5.75 Å². The first-order valence-corrected chi connectivity index (χ1v) is 3.24. The zero-order valence-electron chi connectivity index (χ0n) is 6.00. The number of nitrogens with two attached hydrogens (primary N) is 1. The van der Waals surface area contributed by atoms with Crippen molar-refractivity contribution >= 4 is 24.0 Å². The highest BCUT2D eigenvalue weighted by Crippen LogP contribution is 2.23. The van der Waals surface area contributed by atoms with Gasteiger partial charge >= 0.3 is 0 Å². The number of rotatable bonds is 1. The molecular weight excluding hydrogens is 185 g/mol. The van der Waals surface area contributed by atoms with Crippen molar-refractivity contribution in [2.45, 2.75) is 6.92 Å². The summed E-state index contributed by atoms with van der Waals surface area (Å²) < 4.78 is 0. The second-order valence-corrected chi connectivity index (χ2v) is 2.46. The Kier molecular flexibility index (Phi) is 4.26. The third-order valence-electron chi connectivity index (χ3n) is 1.21. The molecule has 0 heterocycles. The fraction of sp³-hybridized carbons (Fsp3) is 0.143. The molecule has 0 saturated carbocycles. The molecule has 0 fully saturated rings. The van der Waals surface area contributed by atoms with E-state index in [9.17, 15) is 0 Å². The smallest absolute Gasteiger partial charge is 0.165 e. The molecule has 0 atom stereocenters. The largest absolute Gasteiger partial charge is 0.410 e. The molecule has 0 spiro atoms. The average Bonchev–Trinajstić information content (AvgIpc) is 1.88. The van der Waals surface area contributed by atoms with Gasteiger partial charge in [-0.05, 0) is 24.6 Å². The molecule has 2 nitrogen and oxygen atoms in total. The van der Waals surface area contributed by atoms with Crippen LogP contribution in [0.3, 0.4) is 0 Å². The molecule has 0 aliphatic rings. The van der Waals surface area contributed by atoms with Crippen LogP contribution >= 0.6 is 24.0 Å². The third kappa shape index (κ3) is 2.58. The van der Waals surface area contributed by atoms with Crippen molar-refractivity contribution in [2.24, 2.45) is 5.90 Å². The molecule has 0 aromatic heterocycles. The van der Waals surface area contributed by atoms with Crippen molar-refractivity contribution in [1.29, 1.82) is 0 Å². The Morgan fingerprint density at radius 1 is 1.45 bits per heavy atom. The summed E-state index contributed by atoms with van der Waals surface area (Å²) in [4.78, 5) is 4.47. The molecule has 4 heteroatoms. The zero-order chi connectivity index (χ0) is 7.56. The van der Waals surface area contributed by atoms with Gasteiger partial charge in [0.2, 0.25) is 0 Å². The molecule has 0 saturated heterocycles. The van der Waals surface area contributed by atoms with Gasteiger partial charge in [-0.3, -0.25) is 0 Å². The van der Waals surface area contributed by atoms with E-state index >= 15 is 0 Å². The lowest BCUT2D eigenvalue weighted by Gasteiger charge is -2.00. The molecule has 0 aliphatic carbocycles. The Bertz CT molecular complexity index is 240. The maximum Gasteiger partial charge on any atom is 0.165 e. The van der Waals surface area contributed by atoms with Crippen molar-refractivity contribution in [3.63, 3.8) is 0 Å². The van der Waals surface area contributed by atoms with Crippen LogP contribution in [0.4, 0.5) is 0 Å². The summed E-state index contributed by atoms with van der Waals surface area (Å²) in [5, 5.41) is 0.544. The van der Waals surface area contributed by atoms with Crippen LogP contribution in [-0.4, -0.2) is 0 Å². The molecule has 0 unspecified atom stereocenters. The topological polar surface area (TPSA) is 35.2 Å². The average molecular weight is 194 g/mol. The van der Waals surface area contributed by atoms with Crippen LogP contribution in [0.25, 0.3) is 0 Å². The Labute approximate surface area is 76.7 Å². The minimum absolute atomic E-state index is 0. The molecule has 1 aromatic carbocycles. The van der Waals surface area contributed by atoms with Gasteiger partial charge in [-0.2, -0.15) is 5.90 Å². The van der Waals surface area contributed by atoms with Gasteiger partial charge < -0.3 is 4.84 Å². The molecule has 1 aromatic rings. The molecule has 0 amide bonds. The summed E-state index contributed by atoms with van der Waals surface area (Å²) in [5.74, 6) is 5.42. The summed E-state index contributed by atoms with van der Waals surface area (Å²) in [6, 6.07) is 5.41. The second-order valence-electron chi connectivity index (χ2n) is 2.05. The first-order chi connectivity index (χ1) is 4.74. The molecule has 0 aliphatic heterocycles. The van der Waals surface area contributed by atoms with Crippen LogP contribution in [0.1, 0.15) is 5.56 Å². The normalized spacial score (nSPS) is 8.64. The lowest BCUT2D eigenvalue weighted by molar-refractivity contribution is 0.334. The van der Waals surface area contributed by atoms with Gasteiger partial charge in [0.05, 0.1) is 5.02 Å². The first kappa shape index (κ1) is 10.6. The van der Waals surface area contributed by atoms with E-state index in [1.165, 1.54) is 0 Å². The van der Waals surface area contributed by atoms with Gasteiger partial charge in [-0.25, -0.2) is 0 Å². The minimum atomic E-state index is 0. The van der Waals surface area contributed by atoms with E-state index in [1.807, 2.05) is 13.0 Å². The highest BCUT2D eigenvalue weighted by atomic mass is 35.5. The van der Waals surface area contributed by atoms with E-state index in [-0.39, 0.29) is 12.4 Å². The highest BCUT2D eigenvalue weighted by Gasteiger charge is 1.97. The Hall–Kier alpha value is -0.440. The van der Waals surface area contributed by atoms with Crippen LogP contribution in [0.15, 0.2) is 18.2 Å². The Balaban J connectivity index is 0.000001000. The maximum absolute atomic E-state index is 5.72. The summed E-state index contributed by atoms with van der Waals surface area (Å²) in [7, 11) is 0. The van der Waals surface area contributed by atoms with Gasteiger partial charge in [-0.1, -0.05) is 17.7 Å². The Morgan fingerprint density at radius 3 is 2.55 bits per heavy atom. The standard InChI is InChI=1S/C7H8ClNO.ClH/c1-5-2-3-7(10-9)6(8)4-5;/h2-4H,9H2,1H3;1H. The van der Waals surface area contributed by atoms with Gasteiger partial charge in [0.25, 0.3) is 0 Å². The van der Waals surface area contributed by atoms with Gasteiger partial charge in [0.15, 0.2) is 5.75 Å².